The van der Waals surface area contributed by atoms with Gasteiger partial charge in [0.25, 0.3) is 11.7 Å². The first-order valence-corrected chi connectivity index (χ1v) is 11.0. The number of Topliss-reactive ketones (excluding diaryl/α,β-unsaturated/α-hetero) is 1. The largest absolute Gasteiger partial charge is 0.507 e. The molecule has 9 heteroatoms. The van der Waals surface area contributed by atoms with Crippen LogP contribution in [0.15, 0.2) is 42.0 Å². The highest BCUT2D eigenvalue weighted by atomic mass is 16.7. The molecule has 34 heavy (non-hydrogen) atoms. The highest BCUT2D eigenvalue weighted by Crippen LogP contribution is 2.43. The summed E-state index contributed by atoms with van der Waals surface area (Å²) in [6.07, 6.45) is 0. The first kappa shape index (κ1) is 23.4. The van der Waals surface area contributed by atoms with Crippen LogP contribution in [0, 0.1) is 0 Å². The van der Waals surface area contributed by atoms with E-state index >= 15 is 0 Å². The molecule has 2 aliphatic rings. The van der Waals surface area contributed by atoms with Gasteiger partial charge in [-0.05, 0) is 56.9 Å². The summed E-state index contributed by atoms with van der Waals surface area (Å²) in [4.78, 5) is 29.7. The monoisotopic (exact) mass is 468 g/mol. The van der Waals surface area contributed by atoms with Crippen molar-refractivity contribution in [2.24, 2.45) is 0 Å². The number of aliphatic hydroxyl groups excluding tert-OH is 1. The molecule has 1 N–H and O–H groups in total. The fraction of sp³-hybridized carbons (Fsp3) is 0.360. The van der Waals surface area contributed by atoms with Crippen molar-refractivity contribution in [3.8, 4) is 23.0 Å². The van der Waals surface area contributed by atoms with Gasteiger partial charge in [-0.25, -0.2) is 0 Å². The zero-order chi connectivity index (χ0) is 24.4. The van der Waals surface area contributed by atoms with Gasteiger partial charge in [0, 0.05) is 18.7 Å². The number of likely N-dealkylation sites (N-methyl/N-ethyl adjacent to an activating group) is 1. The Labute approximate surface area is 198 Å². The third kappa shape index (κ3) is 4.26. The number of ether oxygens (including phenoxy) is 4. The van der Waals surface area contributed by atoms with Crippen molar-refractivity contribution in [2.75, 3.05) is 47.7 Å². The average molecular weight is 469 g/mol. The van der Waals surface area contributed by atoms with Crippen molar-refractivity contribution < 1.29 is 33.6 Å². The van der Waals surface area contributed by atoms with E-state index in [1.807, 2.05) is 25.9 Å². The number of fused-ring (bicyclic) bond motifs is 1. The standard InChI is InChI=1S/C25H28N2O7/c1-5-32-17-8-6-15(12-19(17)31-4)22-21(24(29)25(30)27(22)11-10-26(2)3)23(28)16-7-9-18-20(13-16)34-14-33-18/h6-9,12-13,22,28H,5,10-11,14H2,1-4H3/b23-21+. The highest BCUT2D eigenvalue weighted by Gasteiger charge is 2.46. The Hall–Kier alpha value is -3.72. The van der Waals surface area contributed by atoms with E-state index in [0.717, 1.165) is 0 Å². The van der Waals surface area contributed by atoms with Crippen LogP contribution in [0.4, 0.5) is 0 Å². The lowest BCUT2D eigenvalue weighted by molar-refractivity contribution is -0.140. The third-order valence-electron chi connectivity index (χ3n) is 5.78. The topological polar surface area (TPSA) is 97.8 Å². The third-order valence-corrected chi connectivity index (χ3v) is 5.78. The number of carbonyl (C=O) groups is 2. The molecule has 0 aromatic heterocycles. The molecule has 0 radical (unpaired) electrons. The van der Waals surface area contributed by atoms with E-state index in [4.69, 9.17) is 18.9 Å². The average Bonchev–Trinajstić information content (AvgIpc) is 3.40. The molecule has 2 aromatic carbocycles. The van der Waals surface area contributed by atoms with Crippen LogP contribution in [0.1, 0.15) is 24.1 Å². The molecule has 180 valence electrons. The van der Waals surface area contributed by atoms with Gasteiger partial charge in [0.05, 0.1) is 25.3 Å². The number of methoxy groups -OCH3 is 1. The molecule has 4 rings (SSSR count). The predicted molar refractivity (Wildman–Crippen MR) is 124 cm³/mol. The first-order valence-electron chi connectivity index (χ1n) is 11.0. The summed E-state index contributed by atoms with van der Waals surface area (Å²) in [6, 6.07) is 9.34. The summed E-state index contributed by atoms with van der Waals surface area (Å²) in [6.45, 7) is 3.26. The second-order valence-corrected chi connectivity index (χ2v) is 8.21. The Bertz CT molecular complexity index is 1140. The van der Waals surface area contributed by atoms with Gasteiger partial charge in [0.2, 0.25) is 6.79 Å². The number of ketones is 1. The number of likely N-dealkylation sites (tertiary alicyclic amines) is 1. The van der Waals surface area contributed by atoms with Gasteiger partial charge in [-0.1, -0.05) is 6.07 Å². The summed E-state index contributed by atoms with van der Waals surface area (Å²) in [7, 11) is 5.30. The second kappa shape index (κ2) is 9.64. The Morgan fingerprint density at radius 2 is 1.88 bits per heavy atom. The number of amides is 1. The zero-order valence-electron chi connectivity index (χ0n) is 19.7. The molecule has 1 saturated heterocycles. The van der Waals surface area contributed by atoms with Crippen molar-refractivity contribution in [1.29, 1.82) is 0 Å². The summed E-state index contributed by atoms with van der Waals surface area (Å²) >= 11 is 0. The van der Waals surface area contributed by atoms with Gasteiger partial charge in [-0.3, -0.25) is 9.59 Å². The molecule has 0 bridgehead atoms. The first-order chi connectivity index (χ1) is 16.3. The van der Waals surface area contributed by atoms with Gasteiger partial charge >= 0.3 is 0 Å². The smallest absolute Gasteiger partial charge is 0.295 e. The maximum Gasteiger partial charge on any atom is 0.295 e. The molecule has 1 fully saturated rings. The van der Waals surface area contributed by atoms with Gasteiger partial charge in [-0.15, -0.1) is 0 Å². The quantitative estimate of drug-likeness (QED) is 0.359. The maximum absolute atomic E-state index is 13.2. The van der Waals surface area contributed by atoms with Crippen LogP contribution in [0.2, 0.25) is 0 Å². The van der Waals surface area contributed by atoms with E-state index < -0.39 is 17.7 Å². The van der Waals surface area contributed by atoms with Crippen LogP contribution in [0.25, 0.3) is 5.76 Å². The summed E-state index contributed by atoms with van der Waals surface area (Å²) < 4.78 is 21.8. The predicted octanol–water partition coefficient (Wildman–Crippen LogP) is 2.81. The minimum atomic E-state index is -0.796. The lowest BCUT2D eigenvalue weighted by Crippen LogP contribution is -2.35. The van der Waals surface area contributed by atoms with E-state index in [1.54, 1.807) is 36.4 Å². The molecular formula is C25H28N2O7. The number of aliphatic hydroxyl groups is 1. The number of benzene rings is 2. The van der Waals surface area contributed by atoms with Crippen LogP contribution >= 0.6 is 0 Å². The minimum Gasteiger partial charge on any atom is -0.507 e. The second-order valence-electron chi connectivity index (χ2n) is 8.21. The molecule has 1 atom stereocenters. The van der Waals surface area contributed by atoms with E-state index in [1.165, 1.54) is 12.0 Å². The van der Waals surface area contributed by atoms with Gasteiger partial charge < -0.3 is 33.9 Å². The number of hydrogen-bond donors (Lipinski definition) is 1. The van der Waals surface area contributed by atoms with Gasteiger partial charge in [0.1, 0.15) is 5.76 Å². The Kier molecular flexibility index (Phi) is 6.65. The van der Waals surface area contributed by atoms with Crippen molar-refractivity contribution >= 4 is 17.4 Å². The van der Waals surface area contributed by atoms with E-state index in [9.17, 15) is 14.7 Å². The van der Waals surface area contributed by atoms with E-state index in [-0.39, 0.29) is 18.1 Å². The summed E-state index contributed by atoms with van der Waals surface area (Å²) in [5.74, 6) is 0.354. The molecule has 2 aromatic rings. The maximum atomic E-state index is 13.2. The Morgan fingerprint density at radius 3 is 2.59 bits per heavy atom. The molecular weight excluding hydrogens is 440 g/mol. The molecule has 2 heterocycles. The number of carbonyl (C=O) groups excluding carboxylic acids is 2. The molecule has 2 aliphatic heterocycles. The van der Waals surface area contributed by atoms with Crippen LogP contribution in [-0.2, 0) is 9.59 Å². The van der Waals surface area contributed by atoms with Crippen LogP contribution in [0.3, 0.4) is 0 Å². The minimum absolute atomic E-state index is 0.00818. The SMILES string of the molecule is CCOc1ccc(C2/C(=C(\O)c3ccc4c(c3)OCO4)C(=O)C(=O)N2CCN(C)C)cc1OC. The van der Waals surface area contributed by atoms with E-state index in [0.29, 0.717) is 53.8 Å². The summed E-state index contributed by atoms with van der Waals surface area (Å²) in [5.41, 5.74) is 0.993. The van der Waals surface area contributed by atoms with Crippen LogP contribution in [0.5, 0.6) is 23.0 Å². The summed E-state index contributed by atoms with van der Waals surface area (Å²) in [5, 5.41) is 11.2. The Balaban J connectivity index is 1.84. The van der Waals surface area contributed by atoms with Crippen molar-refractivity contribution in [1.82, 2.24) is 9.80 Å². The van der Waals surface area contributed by atoms with Crippen LogP contribution in [-0.4, -0.2) is 74.3 Å². The molecule has 0 saturated carbocycles. The highest BCUT2D eigenvalue weighted by molar-refractivity contribution is 6.46. The molecule has 1 amide bonds. The molecule has 0 spiro atoms. The van der Waals surface area contributed by atoms with Crippen LogP contribution < -0.4 is 18.9 Å². The van der Waals surface area contributed by atoms with E-state index in [2.05, 4.69) is 0 Å². The van der Waals surface area contributed by atoms with Crippen molar-refractivity contribution in [2.45, 2.75) is 13.0 Å². The normalized spacial score (nSPS) is 18.6. The zero-order valence-corrected chi connectivity index (χ0v) is 19.7. The number of hydrogen-bond acceptors (Lipinski definition) is 8. The lowest BCUT2D eigenvalue weighted by Gasteiger charge is -2.27. The Morgan fingerprint density at radius 1 is 1.12 bits per heavy atom. The van der Waals surface area contributed by atoms with Gasteiger partial charge in [0.15, 0.2) is 23.0 Å². The fourth-order valence-corrected chi connectivity index (χ4v) is 4.09. The molecule has 9 nitrogen and oxygen atoms in total. The number of nitrogens with zero attached hydrogens (tertiary/aromatic N) is 2. The van der Waals surface area contributed by atoms with Crippen molar-refractivity contribution in [3.05, 3.63) is 53.1 Å². The molecule has 0 aliphatic carbocycles. The lowest BCUT2D eigenvalue weighted by atomic mass is 9.95. The molecule has 1 unspecified atom stereocenters. The number of rotatable bonds is 8. The fourth-order valence-electron chi connectivity index (χ4n) is 4.09. The van der Waals surface area contributed by atoms with Gasteiger partial charge in [-0.2, -0.15) is 0 Å². The van der Waals surface area contributed by atoms with Crippen molar-refractivity contribution in [3.63, 3.8) is 0 Å².